The van der Waals surface area contributed by atoms with Crippen LogP contribution in [0.25, 0.3) is 0 Å². The van der Waals surface area contributed by atoms with Crippen molar-refractivity contribution in [2.75, 3.05) is 10.6 Å². The zero-order valence-corrected chi connectivity index (χ0v) is 19.3. The van der Waals surface area contributed by atoms with E-state index in [1.807, 2.05) is 24.3 Å². The number of Topliss-reactive ketones (excluding diaryl/α,β-unsaturated/α-hetero) is 1. The topological polar surface area (TPSA) is 41.1 Å². The van der Waals surface area contributed by atoms with E-state index in [-0.39, 0.29) is 29.0 Å². The number of para-hydroxylation sites is 2. The quantitative estimate of drug-likeness (QED) is 0.446. The summed E-state index contributed by atoms with van der Waals surface area (Å²) in [6.07, 6.45) is 1.22. The average molecular weight is 441 g/mol. The number of hydrogen-bond acceptors (Lipinski definition) is 3. The highest BCUT2D eigenvalue weighted by Gasteiger charge is 2.36. The van der Waals surface area contributed by atoms with Gasteiger partial charge in [-0.15, -0.1) is 0 Å². The van der Waals surface area contributed by atoms with Gasteiger partial charge in [0.15, 0.2) is 5.78 Å². The van der Waals surface area contributed by atoms with E-state index < -0.39 is 0 Å². The lowest BCUT2D eigenvalue weighted by molar-refractivity contribution is -0.116. The zero-order valence-electron chi connectivity index (χ0n) is 19.3. The number of halogens is 1. The van der Waals surface area contributed by atoms with Crippen LogP contribution < -0.4 is 10.6 Å². The first-order valence-corrected chi connectivity index (χ1v) is 11.5. The minimum atomic E-state index is -0.325. The molecular weight excluding hydrogens is 411 g/mol. The Labute approximate surface area is 194 Å². The van der Waals surface area contributed by atoms with Crippen molar-refractivity contribution in [2.45, 2.75) is 51.0 Å². The highest BCUT2D eigenvalue weighted by molar-refractivity contribution is 6.01. The molecule has 0 amide bonds. The van der Waals surface area contributed by atoms with E-state index in [9.17, 15) is 9.18 Å². The second-order valence-corrected chi connectivity index (χ2v) is 10.1. The summed E-state index contributed by atoms with van der Waals surface area (Å²) < 4.78 is 13.6. The molecule has 0 saturated carbocycles. The number of rotatable bonds is 2. The maximum Gasteiger partial charge on any atom is 0.163 e. The molecule has 0 unspecified atom stereocenters. The molecule has 0 aromatic heterocycles. The van der Waals surface area contributed by atoms with Crippen LogP contribution in [-0.4, -0.2) is 5.78 Å². The number of fused-ring (bicyclic) bond motifs is 1. The van der Waals surface area contributed by atoms with Gasteiger partial charge in [0.2, 0.25) is 0 Å². The van der Waals surface area contributed by atoms with E-state index in [1.165, 1.54) is 23.3 Å². The van der Waals surface area contributed by atoms with Crippen molar-refractivity contribution in [3.63, 3.8) is 0 Å². The molecule has 3 nitrogen and oxygen atoms in total. The number of benzene rings is 3. The van der Waals surface area contributed by atoms with Gasteiger partial charge in [-0.3, -0.25) is 4.79 Å². The summed E-state index contributed by atoms with van der Waals surface area (Å²) in [6.45, 7) is 6.62. The lowest BCUT2D eigenvalue weighted by Crippen LogP contribution is -2.27. The maximum atomic E-state index is 13.6. The van der Waals surface area contributed by atoms with Crippen LogP contribution in [0.2, 0.25) is 0 Å². The van der Waals surface area contributed by atoms with Crippen LogP contribution in [0.4, 0.5) is 15.8 Å². The Morgan fingerprint density at radius 3 is 2.12 bits per heavy atom. The first-order valence-electron chi connectivity index (χ1n) is 11.5. The molecule has 2 N–H and O–H groups in total. The summed E-state index contributed by atoms with van der Waals surface area (Å²) in [5, 5.41) is 7.10. The van der Waals surface area contributed by atoms with Crippen molar-refractivity contribution in [2.24, 2.45) is 0 Å². The minimum absolute atomic E-state index is 0.0945. The number of nitrogens with one attached hydrogen (secondary N) is 2. The van der Waals surface area contributed by atoms with Crippen molar-refractivity contribution in [3.05, 3.63) is 107 Å². The van der Waals surface area contributed by atoms with Gasteiger partial charge in [0.05, 0.1) is 17.4 Å². The minimum Gasteiger partial charge on any atom is -0.372 e. The van der Waals surface area contributed by atoms with Gasteiger partial charge in [0.25, 0.3) is 0 Å². The third kappa shape index (κ3) is 4.18. The summed E-state index contributed by atoms with van der Waals surface area (Å²) in [6, 6.07) is 22.8. The maximum absolute atomic E-state index is 13.6. The van der Waals surface area contributed by atoms with E-state index in [1.54, 1.807) is 12.1 Å². The molecule has 1 heterocycles. The van der Waals surface area contributed by atoms with Crippen molar-refractivity contribution < 1.29 is 9.18 Å². The van der Waals surface area contributed by atoms with Crippen molar-refractivity contribution in [1.29, 1.82) is 0 Å². The van der Waals surface area contributed by atoms with E-state index in [0.717, 1.165) is 34.6 Å². The smallest absolute Gasteiger partial charge is 0.163 e. The van der Waals surface area contributed by atoms with Crippen molar-refractivity contribution >= 4 is 17.2 Å². The SMILES string of the molecule is CC(C)(C)c1ccc([C@H]2CC(=O)C3=C(C2)Nc2ccccc2N[C@@H]3c2ccc(F)cc2)cc1. The van der Waals surface area contributed by atoms with Crippen molar-refractivity contribution in [1.82, 2.24) is 0 Å². The Kier molecular flexibility index (Phi) is 5.32. The fourth-order valence-corrected chi connectivity index (χ4v) is 4.89. The van der Waals surface area contributed by atoms with Gasteiger partial charge in [-0.25, -0.2) is 4.39 Å². The normalized spacial score (nSPS) is 20.3. The highest BCUT2D eigenvalue weighted by atomic mass is 19.1. The first kappa shape index (κ1) is 21.4. The second kappa shape index (κ2) is 8.18. The lowest BCUT2D eigenvalue weighted by atomic mass is 9.77. The fraction of sp³-hybridized carbons (Fsp3) is 0.276. The van der Waals surface area contributed by atoms with Crippen LogP contribution in [0, 0.1) is 5.82 Å². The predicted octanol–water partition coefficient (Wildman–Crippen LogP) is 7.10. The van der Waals surface area contributed by atoms with Gasteiger partial charge < -0.3 is 10.6 Å². The molecule has 4 heteroatoms. The van der Waals surface area contributed by atoms with Crippen LogP contribution in [-0.2, 0) is 10.2 Å². The molecular formula is C29H29FN2O. The molecule has 3 aromatic carbocycles. The average Bonchev–Trinajstić information content (AvgIpc) is 2.96. The molecule has 0 radical (unpaired) electrons. The molecule has 0 fully saturated rings. The molecule has 2 aliphatic rings. The number of carbonyl (C=O) groups excluding carboxylic acids is 1. The van der Waals surface area contributed by atoms with Gasteiger partial charge in [0, 0.05) is 17.7 Å². The fourth-order valence-electron chi connectivity index (χ4n) is 4.89. The Morgan fingerprint density at radius 1 is 0.818 bits per heavy atom. The Morgan fingerprint density at radius 2 is 1.45 bits per heavy atom. The summed E-state index contributed by atoms with van der Waals surface area (Å²) in [5.41, 5.74) is 7.03. The number of ketones is 1. The predicted molar refractivity (Wildman–Crippen MR) is 132 cm³/mol. The molecule has 5 rings (SSSR count). The summed E-state index contributed by atoms with van der Waals surface area (Å²) in [5.74, 6) is -0.0333. The number of anilines is 2. The van der Waals surface area contributed by atoms with Crippen LogP contribution in [0.1, 0.15) is 62.3 Å². The Balaban J connectivity index is 1.54. The standard InChI is InChI=1S/C29H29FN2O/c1-29(2,3)21-12-8-18(9-13-21)20-16-25-27(26(33)17-20)28(19-10-14-22(30)15-11-19)32-24-7-5-4-6-23(24)31-25/h4-15,20,28,31-32H,16-17H2,1-3H3/t20-,28-/m1/s1. The van der Waals surface area contributed by atoms with Crippen LogP contribution in [0.5, 0.6) is 0 Å². The third-order valence-corrected chi connectivity index (χ3v) is 6.76. The van der Waals surface area contributed by atoms with Gasteiger partial charge in [-0.2, -0.15) is 0 Å². The lowest BCUT2D eigenvalue weighted by Gasteiger charge is -2.30. The molecule has 3 aromatic rings. The summed E-state index contributed by atoms with van der Waals surface area (Å²) in [7, 11) is 0. The summed E-state index contributed by atoms with van der Waals surface area (Å²) >= 11 is 0. The van der Waals surface area contributed by atoms with E-state index >= 15 is 0 Å². The van der Waals surface area contributed by atoms with Gasteiger partial charge in [-0.05, 0) is 58.7 Å². The molecule has 33 heavy (non-hydrogen) atoms. The Hall–Kier alpha value is -3.40. The molecule has 0 spiro atoms. The monoisotopic (exact) mass is 440 g/mol. The van der Waals surface area contributed by atoms with E-state index in [0.29, 0.717) is 6.42 Å². The van der Waals surface area contributed by atoms with Crippen LogP contribution >= 0.6 is 0 Å². The van der Waals surface area contributed by atoms with E-state index in [4.69, 9.17) is 0 Å². The molecule has 0 saturated heterocycles. The number of allylic oxidation sites excluding steroid dienone is 1. The molecule has 168 valence electrons. The van der Waals surface area contributed by atoms with Gasteiger partial charge >= 0.3 is 0 Å². The van der Waals surface area contributed by atoms with Crippen LogP contribution in [0.15, 0.2) is 84.1 Å². The molecule has 1 aliphatic heterocycles. The molecule has 0 bridgehead atoms. The Bertz CT molecular complexity index is 1220. The largest absolute Gasteiger partial charge is 0.372 e. The number of carbonyl (C=O) groups is 1. The van der Waals surface area contributed by atoms with Gasteiger partial charge in [0.1, 0.15) is 5.82 Å². The van der Waals surface area contributed by atoms with E-state index in [2.05, 4.69) is 55.7 Å². The summed E-state index contributed by atoms with van der Waals surface area (Å²) in [4.78, 5) is 13.6. The third-order valence-electron chi connectivity index (χ3n) is 6.76. The highest BCUT2D eigenvalue weighted by Crippen LogP contribution is 2.44. The van der Waals surface area contributed by atoms with Gasteiger partial charge in [-0.1, -0.05) is 69.3 Å². The molecule has 2 atom stereocenters. The van der Waals surface area contributed by atoms with Crippen molar-refractivity contribution in [3.8, 4) is 0 Å². The number of hydrogen-bond donors (Lipinski definition) is 2. The second-order valence-electron chi connectivity index (χ2n) is 10.1. The molecule has 1 aliphatic carbocycles. The first-order chi connectivity index (χ1) is 15.8. The van der Waals surface area contributed by atoms with Crippen LogP contribution in [0.3, 0.4) is 0 Å². The zero-order chi connectivity index (χ0) is 23.2.